The lowest BCUT2D eigenvalue weighted by Gasteiger charge is -2.27. The van der Waals surface area contributed by atoms with Gasteiger partial charge in [-0.2, -0.15) is 0 Å². The van der Waals surface area contributed by atoms with Gasteiger partial charge in [-0.15, -0.1) is 0 Å². The number of carbonyl (C=O) groups is 1. The molecule has 2 aromatic carbocycles. The Labute approximate surface area is 135 Å². The molecule has 0 atom stereocenters. The zero-order valence-electron chi connectivity index (χ0n) is 12.8. The number of anilines is 1. The van der Waals surface area contributed by atoms with Crippen LogP contribution in [-0.4, -0.2) is 13.1 Å². The van der Waals surface area contributed by atoms with Crippen molar-refractivity contribution in [3.05, 3.63) is 59.1 Å². The van der Waals surface area contributed by atoms with Crippen molar-refractivity contribution in [3.8, 4) is 5.75 Å². The van der Waals surface area contributed by atoms with E-state index in [0.29, 0.717) is 16.5 Å². The van der Waals surface area contributed by atoms with Crippen molar-refractivity contribution in [3.63, 3.8) is 0 Å². The molecule has 0 bridgehead atoms. The number of urea groups is 1. The largest absolute Gasteiger partial charge is 0.497 e. The summed E-state index contributed by atoms with van der Waals surface area (Å²) in [6.07, 6.45) is 0. The van der Waals surface area contributed by atoms with Gasteiger partial charge < -0.3 is 15.4 Å². The molecule has 0 aliphatic rings. The van der Waals surface area contributed by atoms with E-state index in [-0.39, 0.29) is 6.03 Å². The van der Waals surface area contributed by atoms with Crippen molar-refractivity contribution in [2.24, 2.45) is 0 Å². The molecular weight excluding hydrogens is 300 g/mol. The Bertz CT molecular complexity index is 654. The highest BCUT2D eigenvalue weighted by atomic mass is 35.5. The van der Waals surface area contributed by atoms with Crippen LogP contribution in [0.25, 0.3) is 0 Å². The summed E-state index contributed by atoms with van der Waals surface area (Å²) in [7, 11) is 1.59. The van der Waals surface area contributed by atoms with Crippen molar-refractivity contribution in [2.75, 3.05) is 12.4 Å². The SMILES string of the molecule is COc1cccc(NC(=O)NC(C)(C)c2ccc(Cl)cc2)c1. The molecule has 0 aliphatic carbocycles. The molecule has 0 aromatic heterocycles. The second-order valence-corrected chi connectivity index (χ2v) is 5.88. The van der Waals surface area contributed by atoms with E-state index in [1.165, 1.54) is 0 Å². The lowest BCUT2D eigenvalue weighted by Crippen LogP contribution is -2.43. The van der Waals surface area contributed by atoms with Gasteiger partial charge in [-0.1, -0.05) is 29.8 Å². The van der Waals surface area contributed by atoms with E-state index in [9.17, 15) is 4.79 Å². The quantitative estimate of drug-likeness (QED) is 0.877. The second kappa shape index (κ2) is 6.71. The first-order chi connectivity index (χ1) is 10.4. The van der Waals surface area contributed by atoms with Crippen molar-refractivity contribution >= 4 is 23.3 Å². The summed E-state index contributed by atoms with van der Waals surface area (Å²) in [6, 6.07) is 14.3. The van der Waals surface area contributed by atoms with E-state index in [0.717, 1.165) is 5.56 Å². The molecule has 0 heterocycles. The summed E-state index contributed by atoms with van der Waals surface area (Å²) in [5, 5.41) is 6.41. The Kier molecular flexibility index (Phi) is 4.93. The van der Waals surface area contributed by atoms with Crippen LogP contribution in [0.15, 0.2) is 48.5 Å². The summed E-state index contributed by atoms with van der Waals surface area (Å²) >= 11 is 5.89. The molecule has 2 rings (SSSR count). The van der Waals surface area contributed by atoms with E-state index in [2.05, 4.69) is 10.6 Å². The number of halogens is 1. The lowest BCUT2D eigenvalue weighted by molar-refractivity contribution is 0.242. The minimum atomic E-state index is -0.520. The van der Waals surface area contributed by atoms with Gasteiger partial charge in [0.05, 0.1) is 12.6 Å². The van der Waals surface area contributed by atoms with E-state index >= 15 is 0 Å². The number of hydrogen-bond acceptors (Lipinski definition) is 2. The fourth-order valence-electron chi connectivity index (χ4n) is 2.09. The molecule has 2 aromatic rings. The highest BCUT2D eigenvalue weighted by molar-refractivity contribution is 6.30. The zero-order valence-corrected chi connectivity index (χ0v) is 13.6. The van der Waals surface area contributed by atoms with Gasteiger partial charge >= 0.3 is 6.03 Å². The van der Waals surface area contributed by atoms with Crippen molar-refractivity contribution in [1.82, 2.24) is 5.32 Å². The van der Waals surface area contributed by atoms with E-state index in [4.69, 9.17) is 16.3 Å². The lowest BCUT2D eigenvalue weighted by atomic mass is 9.94. The third-order valence-corrected chi connectivity index (χ3v) is 3.57. The average molecular weight is 319 g/mol. The van der Waals surface area contributed by atoms with Gasteiger partial charge in [0.15, 0.2) is 0 Å². The van der Waals surface area contributed by atoms with Crippen molar-refractivity contribution < 1.29 is 9.53 Å². The monoisotopic (exact) mass is 318 g/mol. The molecule has 22 heavy (non-hydrogen) atoms. The first-order valence-corrected chi connectivity index (χ1v) is 7.28. The smallest absolute Gasteiger partial charge is 0.319 e. The van der Waals surface area contributed by atoms with Crippen LogP contribution in [-0.2, 0) is 5.54 Å². The van der Waals surface area contributed by atoms with E-state index in [1.807, 2.05) is 38.1 Å². The third kappa shape index (κ3) is 4.15. The van der Waals surface area contributed by atoms with Crippen LogP contribution in [0.1, 0.15) is 19.4 Å². The molecular formula is C17H19ClN2O2. The first-order valence-electron chi connectivity index (χ1n) is 6.90. The Morgan fingerprint density at radius 1 is 1.14 bits per heavy atom. The minimum absolute atomic E-state index is 0.284. The van der Waals surface area contributed by atoms with E-state index < -0.39 is 5.54 Å². The molecule has 0 radical (unpaired) electrons. The predicted octanol–water partition coefficient (Wildman–Crippen LogP) is 4.41. The van der Waals surface area contributed by atoms with Crippen molar-refractivity contribution in [2.45, 2.75) is 19.4 Å². The Morgan fingerprint density at radius 3 is 2.45 bits per heavy atom. The molecule has 0 spiro atoms. The Hall–Kier alpha value is -2.20. The topological polar surface area (TPSA) is 50.4 Å². The number of amides is 2. The second-order valence-electron chi connectivity index (χ2n) is 5.44. The fourth-order valence-corrected chi connectivity index (χ4v) is 2.21. The summed E-state index contributed by atoms with van der Waals surface area (Å²) in [6.45, 7) is 3.86. The standard InChI is InChI=1S/C17H19ClN2O2/c1-17(2,12-7-9-13(18)10-8-12)20-16(21)19-14-5-4-6-15(11-14)22-3/h4-11H,1-3H3,(H2,19,20,21). The number of hydrogen-bond donors (Lipinski definition) is 2. The van der Waals surface area contributed by atoms with Crippen molar-refractivity contribution in [1.29, 1.82) is 0 Å². The van der Waals surface area contributed by atoms with Crippen LogP contribution in [0.4, 0.5) is 10.5 Å². The number of methoxy groups -OCH3 is 1. The zero-order chi connectivity index (χ0) is 16.2. The fraction of sp³-hybridized carbons (Fsp3) is 0.235. The molecule has 0 saturated carbocycles. The molecule has 5 heteroatoms. The highest BCUT2D eigenvalue weighted by Gasteiger charge is 2.22. The molecule has 2 amide bonds. The maximum Gasteiger partial charge on any atom is 0.319 e. The van der Waals surface area contributed by atoms with Gasteiger partial charge in [0.1, 0.15) is 5.75 Å². The molecule has 0 fully saturated rings. The predicted molar refractivity (Wildman–Crippen MR) is 89.6 cm³/mol. The van der Waals surface area contributed by atoms with Gasteiger partial charge in [0.2, 0.25) is 0 Å². The summed E-state index contributed by atoms with van der Waals surface area (Å²) in [4.78, 5) is 12.2. The number of ether oxygens (including phenoxy) is 1. The average Bonchev–Trinajstić information content (AvgIpc) is 2.47. The first kappa shape index (κ1) is 16.2. The molecule has 0 unspecified atom stereocenters. The van der Waals surface area contributed by atoms with Crippen LogP contribution in [0.5, 0.6) is 5.75 Å². The number of nitrogens with one attached hydrogen (secondary N) is 2. The van der Waals surface area contributed by atoms with Crippen LogP contribution in [0.3, 0.4) is 0 Å². The molecule has 4 nitrogen and oxygen atoms in total. The Morgan fingerprint density at radius 2 is 1.82 bits per heavy atom. The normalized spacial score (nSPS) is 10.9. The third-order valence-electron chi connectivity index (χ3n) is 3.32. The van der Waals surface area contributed by atoms with Gasteiger partial charge in [-0.05, 0) is 43.7 Å². The molecule has 116 valence electrons. The van der Waals surface area contributed by atoms with Gasteiger partial charge in [-0.3, -0.25) is 0 Å². The van der Waals surface area contributed by atoms with Gasteiger partial charge in [-0.25, -0.2) is 4.79 Å². The van der Waals surface area contributed by atoms with Crippen LogP contribution in [0, 0.1) is 0 Å². The van der Waals surface area contributed by atoms with Gasteiger partial charge in [0.25, 0.3) is 0 Å². The van der Waals surface area contributed by atoms with E-state index in [1.54, 1.807) is 31.4 Å². The maximum absolute atomic E-state index is 12.2. The Balaban J connectivity index is 2.05. The highest BCUT2D eigenvalue weighted by Crippen LogP contribution is 2.22. The van der Waals surface area contributed by atoms with Crippen LogP contribution in [0.2, 0.25) is 5.02 Å². The molecule has 0 saturated heterocycles. The summed E-state index contributed by atoms with van der Waals surface area (Å²) < 4.78 is 5.13. The molecule has 2 N–H and O–H groups in total. The van der Waals surface area contributed by atoms with Crippen LogP contribution < -0.4 is 15.4 Å². The maximum atomic E-state index is 12.2. The molecule has 0 aliphatic heterocycles. The summed E-state index contributed by atoms with van der Waals surface area (Å²) in [5.74, 6) is 0.690. The number of benzene rings is 2. The minimum Gasteiger partial charge on any atom is -0.497 e. The summed E-state index contributed by atoms with van der Waals surface area (Å²) in [5.41, 5.74) is 1.12. The van der Waals surface area contributed by atoms with Crippen LogP contribution >= 0.6 is 11.6 Å². The van der Waals surface area contributed by atoms with Gasteiger partial charge in [0, 0.05) is 16.8 Å². The number of carbonyl (C=O) groups excluding carboxylic acids is 1. The number of rotatable bonds is 4.